The van der Waals surface area contributed by atoms with Gasteiger partial charge in [-0.25, -0.2) is 4.99 Å². The maximum atomic E-state index is 11.1. The Bertz CT molecular complexity index is 1260. The number of nitrogens with one attached hydrogen (secondary N) is 3. The van der Waals surface area contributed by atoms with Gasteiger partial charge in [-0.1, -0.05) is 30.0 Å². The Morgan fingerprint density at radius 2 is 2.18 bits per heavy atom. The highest BCUT2D eigenvalue weighted by Gasteiger charge is 2.27. The van der Waals surface area contributed by atoms with Gasteiger partial charge in [0.2, 0.25) is 0 Å². The Balaban J connectivity index is 1.69. The molecule has 2 aromatic heterocycles. The maximum absolute atomic E-state index is 11.1. The number of thioether (sulfide) groups is 1. The molecule has 2 unspecified atom stereocenters. The molecule has 9 nitrogen and oxygen atoms in total. The van der Waals surface area contributed by atoms with E-state index in [1.54, 1.807) is 25.6 Å². The predicted molar refractivity (Wildman–Crippen MR) is 128 cm³/mol. The normalized spacial score (nSPS) is 20.1. The van der Waals surface area contributed by atoms with Gasteiger partial charge in [-0.2, -0.15) is 9.68 Å². The van der Waals surface area contributed by atoms with Gasteiger partial charge < -0.3 is 9.84 Å². The van der Waals surface area contributed by atoms with Crippen molar-refractivity contribution in [2.24, 2.45) is 10.9 Å². The fraction of sp³-hybridized carbons (Fsp3) is 0.391. The van der Waals surface area contributed by atoms with Gasteiger partial charge >= 0.3 is 11.5 Å². The monoisotopic (exact) mass is 464 g/mol. The van der Waals surface area contributed by atoms with E-state index in [1.165, 1.54) is 31.0 Å². The number of aliphatic hydroxyl groups excluding tert-OH is 1. The van der Waals surface area contributed by atoms with Crippen LogP contribution in [0.15, 0.2) is 29.5 Å². The maximum Gasteiger partial charge on any atom is 0.335 e. The van der Waals surface area contributed by atoms with Crippen molar-refractivity contribution in [3.8, 4) is 28.7 Å². The number of amidine groups is 1. The van der Waals surface area contributed by atoms with Gasteiger partial charge in [0, 0.05) is 41.4 Å². The molecule has 1 saturated carbocycles. The SMILES string of the molecule is COc1cnc(C)cc1-c1c[nH]c(=[N+]=C=N)cc1C(O)/N=C1\NN(C)C(C#CC2CCC2)S1. The number of hydrogen-bond acceptors (Lipinski definition) is 7. The first-order valence-corrected chi connectivity index (χ1v) is 11.5. The van der Waals surface area contributed by atoms with Crippen LogP contribution in [-0.2, 0) is 0 Å². The Labute approximate surface area is 196 Å². The van der Waals surface area contributed by atoms with Crippen LogP contribution in [0.3, 0.4) is 0 Å². The first-order valence-electron chi connectivity index (χ1n) is 10.6. The van der Waals surface area contributed by atoms with Crippen LogP contribution in [0.2, 0.25) is 0 Å². The Morgan fingerprint density at radius 1 is 1.36 bits per heavy atom. The summed E-state index contributed by atoms with van der Waals surface area (Å²) in [7, 11) is 3.48. The molecule has 3 heterocycles. The van der Waals surface area contributed by atoms with Crippen molar-refractivity contribution in [3.63, 3.8) is 0 Å². The van der Waals surface area contributed by atoms with Gasteiger partial charge in [0.1, 0.15) is 11.1 Å². The molecule has 33 heavy (non-hydrogen) atoms. The van der Waals surface area contributed by atoms with Crippen molar-refractivity contribution in [1.29, 1.82) is 5.41 Å². The zero-order valence-electron chi connectivity index (χ0n) is 18.7. The van der Waals surface area contributed by atoms with Gasteiger partial charge in [-0.3, -0.25) is 15.4 Å². The van der Waals surface area contributed by atoms with E-state index >= 15 is 0 Å². The molecule has 0 radical (unpaired) electrons. The number of pyridine rings is 2. The van der Waals surface area contributed by atoms with Crippen molar-refractivity contribution < 1.29 is 9.84 Å². The van der Waals surface area contributed by atoms with E-state index in [0.29, 0.717) is 33.4 Å². The largest absolute Gasteiger partial charge is 0.494 e. The molecule has 0 aromatic carbocycles. The van der Waals surface area contributed by atoms with Crippen LogP contribution in [0.5, 0.6) is 5.75 Å². The van der Waals surface area contributed by atoms with Crippen molar-refractivity contribution in [1.82, 2.24) is 25.1 Å². The van der Waals surface area contributed by atoms with Crippen LogP contribution in [0.25, 0.3) is 11.1 Å². The minimum Gasteiger partial charge on any atom is -0.494 e. The number of aliphatic imine (C=N–C) groups is 1. The molecule has 2 fully saturated rings. The van der Waals surface area contributed by atoms with Crippen LogP contribution >= 0.6 is 11.8 Å². The lowest BCUT2D eigenvalue weighted by Gasteiger charge is -2.19. The molecule has 0 spiro atoms. The second-order valence-electron chi connectivity index (χ2n) is 7.85. The zero-order chi connectivity index (χ0) is 23.4. The number of hydrogen-bond donors (Lipinski definition) is 4. The molecular weight excluding hydrogens is 438 g/mol. The first kappa shape index (κ1) is 22.9. The summed E-state index contributed by atoms with van der Waals surface area (Å²) >= 11 is 1.47. The van der Waals surface area contributed by atoms with E-state index < -0.39 is 6.23 Å². The summed E-state index contributed by atoms with van der Waals surface area (Å²) < 4.78 is 9.36. The van der Waals surface area contributed by atoms with Crippen molar-refractivity contribution in [2.75, 3.05) is 14.2 Å². The summed E-state index contributed by atoms with van der Waals surface area (Å²) in [5, 5.41) is 20.7. The van der Waals surface area contributed by atoms with E-state index in [0.717, 1.165) is 11.3 Å². The Morgan fingerprint density at radius 3 is 2.88 bits per heavy atom. The highest BCUT2D eigenvalue weighted by molar-refractivity contribution is 8.14. The summed E-state index contributed by atoms with van der Waals surface area (Å²) in [5.41, 5.74) is 6.31. The number of hydrazine groups is 1. The van der Waals surface area contributed by atoms with E-state index in [2.05, 4.69) is 36.9 Å². The fourth-order valence-corrected chi connectivity index (χ4v) is 4.42. The summed E-state index contributed by atoms with van der Waals surface area (Å²) in [6.45, 7) is 1.89. The summed E-state index contributed by atoms with van der Waals surface area (Å²) in [6, 6.07) is 5.54. The molecule has 2 aliphatic rings. The molecule has 4 N–H and O–H groups in total. The molecule has 10 heteroatoms. The average molecular weight is 465 g/mol. The standard InChI is InChI=1S/C23H25N7O2S/c1-14-9-16(19(32-3)12-25-14)18-11-26-20(27-13-24)10-17(18)22(31)28-23-29-30(2)21(33-23)8-7-15-5-4-6-15/h9-12,15,21-22,24,31H,4-6H2,1-3H3,(H,28,29)/p+1. The molecule has 170 valence electrons. The third-order valence-electron chi connectivity index (χ3n) is 5.54. The smallest absolute Gasteiger partial charge is 0.335 e. The molecule has 1 saturated heterocycles. The second kappa shape index (κ2) is 10.1. The molecule has 1 aliphatic carbocycles. The number of aromatic nitrogens is 2. The predicted octanol–water partition coefficient (Wildman–Crippen LogP) is 1.77. The lowest BCUT2D eigenvalue weighted by atomic mass is 9.86. The van der Waals surface area contributed by atoms with Gasteiger partial charge in [-0.15, -0.1) is 5.41 Å². The number of methoxy groups -OCH3 is 1. The topological polar surface area (TPSA) is 124 Å². The minimum atomic E-state index is -1.19. The van der Waals surface area contributed by atoms with Crippen molar-refractivity contribution >= 4 is 22.9 Å². The highest BCUT2D eigenvalue weighted by atomic mass is 32.2. The first-order chi connectivity index (χ1) is 16.0. The number of aromatic amines is 1. The zero-order valence-corrected chi connectivity index (χ0v) is 19.5. The van der Waals surface area contributed by atoms with Crippen LogP contribution in [0.4, 0.5) is 0 Å². The molecule has 0 bridgehead atoms. The number of ether oxygens (including phenoxy) is 1. The Hall–Kier alpha value is -3.31. The van der Waals surface area contributed by atoms with E-state index in [1.807, 2.05) is 31.1 Å². The molecule has 0 amide bonds. The van der Waals surface area contributed by atoms with Gasteiger partial charge in [0.05, 0.1) is 19.5 Å². The van der Waals surface area contributed by atoms with Gasteiger partial charge in [-0.05, 0) is 25.8 Å². The number of nitrogens with zero attached hydrogens (tertiary/aromatic N) is 4. The third-order valence-corrected chi connectivity index (χ3v) is 6.62. The minimum absolute atomic E-state index is 0.0684. The number of H-pyrrole nitrogens is 1. The van der Waals surface area contributed by atoms with Gasteiger partial charge in [0.15, 0.2) is 11.4 Å². The summed E-state index contributed by atoms with van der Waals surface area (Å²) in [6.07, 6.45) is 5.77. The number of aryl methyl sites for hydroxylation is 1. The summed E-state index contributed by atoms with van der Waals surface area (Å²) in [5.74, 6) is 7.71. The van der Waals surface area contributed by atoms with E-state index in [9.17, 15) is 5.11 Å². The lowest BCUT2D eigenvalue weighted by Crippen LogP contribution is -2.33. The fourth-order valence-electron chi connectivity index (χ4n) is 3.52. The Kier molecular flexibility index (Phi) is 6.99. The molecule has 2 aromatic rings. The summed E-state index contributed by atoms with van der Waals surface area (Å²) in [4.78, 5) is 11.8. The number of rotatable bonds is 4. The number of aliphatic hydroxyl groups is 1. The molecule has 4 rings (SSSR count). The lowest BCUT2D eigenvalue weighted by molar-refractivity contribution is 0.188. The van der Waals surface area contributed by atoms with E-state index in [-0.39, 0.29) is 5.37 Å². The van der Waals surface area contributed by atoms with E-state index in [4.69, 9.17) is 10.1 Å². The van der Waals surface area contributed by atoms with Crippen molar-refractivity contribution in [3.05, 3.63) is 41.3 Å². The molecular formula is C23H26N7O2S+. The molecule has 2 atom stereocenters. The van der Waals surface area contributed by atoms with Gasteiger partial charge in [0.25, 0.3) is 0 Å². The van der Waals surface area contributed by atoms with Crippen LogP contribution < -0.4 is 20.3 Å². The van der Waals surface area contributed by atoms with Crippen molar-refractivity contribution in [2.45, 2.75) is 37.8 Å². The highest BCUT2D eigenvalue weighted by Crippen LogP contribution is 2.35. The van der Waals surface area contributed by atoms with Crippen LogP contribution in [0.1, 0.15) is 36.7 Å². The van der Waals surface area contributed by atoms with Crippen LogP contribution in [-0.4, -0.2) is 50.8 Å². The average Bonchev–Trinajstić information content (AvgIpc) is 3.11. The molecule has 1 aliphatic heterocycles. The second-order valence-corrected chi connectivity index (χ2v) is 8.92. The quantitative estimate of drug-likeness (QED) is 0.311. The third kappa shape index (κ3) is 5.20. The van der Waals surface area contributed by atoms with Crippen LogP contribution in [0, 0.1) is 30.1 Å².